The van der Waals surface area contributed by atoms with Gasteiger partial charge in [0, 0.05) is 17.5 Å². The maximum atomic E-state index is 15.7. The molecule has 0 spiro atoms. The molecule has 0 amide bonds. The van der Waals surface area contributed by atoms with Crippen LogP contribution in [0.25, 0.3) is 66.6 Å². The van der Waals surface area contributed by atoms with Crippen molar-refractivity contribution in [1.82, 2.24) is 15.0 Å². The van der Waals surface area contributed by atoms with E-state index in [0.29, 0.717) is 11.3 Å². The molecule has 0 aliphatic heterocycles. The number of pyridine rings is 2. The van der Waals surface area contributed by atoms with Gasteiger partial charge in [-0.05, 0) is 81.0 Å². The second kappa shape index (κ2) is 12.8. The van der Waals surface area contributed by atoms with E-state index in [0.717, 1.165) is 66.4 Å². The van der Waals surface area contributed by atoms with E-state index < -0.39 is 5.95 Å². The van der Waals surface area contributed by atoms with Crippen LogP contribution in [0.4, 0.5) is 4.39 Å². The van der Waals surface area contributed by atoms with Gasteiger partial charge in [0.15, 0.2) is 0 Å². The quantitative estimate of drug-likeness (QED) is 0.131. The molecule has 248 valence electrons. The molecule has 49 heavy (non-hydrogen) atoms. The Balaban J connectivity index is 0.00000417. The molecule has 0 fully saturated rings. The molecule has 0 N–H and O–H groups in total. The standard InChI is InChI=1S/C44H40FN3.Pt/c1-26-13-11-14-27(2)39(26)32-18-19-37(47-42(32)45)29-16-12-15-28(21-29)33-22-30(43(3,4)5)23-34-35-24-31(44(6,7)8)25-36(41(35)48-40(33)34)38-17-9-10-20-46-38;/h9-20,22-25H,1-8H3;/q-2;+2. The summed E-state index contributed by atoms with van der Waals surface area (Å²) in [5, 5.41) is 2.23. The molecule has 0 radical (unpaired) electrons. The number of hydrogen-bond donors (Lipinski definition) is 0. The van der Waals surface area contributed by atoms with Gasteiger partial charge in [0.05, 0.1) is 5.69 Å². The van der Waals surface area contributed by atoms with E-state index in [9.17, 15) is 0 Å². The Bertz CT molecular complexity index is 2320. The van der Waals surface area contributed by atoms with E-state index >= 15 is 4.39 Å². The van der Waals surface area contributed by atoms with Crippen molar-refractivity contribution in [2.24, 2.45) is 0 Å². The summed E-state index contributed by atoms with van der Waals surface area (Å²) in [5.41, 5.74) is 12.7. The first-order chi connectivity index (χ1) is 22.8. The average molecular weight is 825 g/mol. The van der Waals surface area contributed by atoms with Crippen LogP contribution in [0.2, 0.25) is 0 Å². The third-order valence-corrected chi connectivity index (χ3v) is 9.37. The molecule has 0 bridgehead atoms. The zero-order valence-corrected chi connectivity index (χ0v) is 31.5. The summed E-state index contributed by atoms with van der Waals surface area (Å²) in [6, 6.07) is 34.4. The average Bonchev–Trinajstić information content (AvgIpc) is 3.43. The first-order valence-electron chi connectivity index (χ1n) is 16.6. The molecule has 3 aromatic heterocycles. The fourth-order valence-electron chi connectivity index (χ4n) is 6.61. The van der Waals surface area contributed by atoms with Crippen molar-refractivity contribution in [3.63, 3.8) is 0 Å². The van der Waals surface area contributed by atoms with Crippen molar-refractivity contribution < 1.29 is 25.5 Å². The van der Waals surface area contributed by atoms with Gasteiger partial charge in [-0.3, -0.25) is 9.97 Å². The zero-order valence-electron chi connectivity index (χ0n) is 29.3. The second-order valence-electron chi connectivity index (χ2n) is 14.9. The molecular formula is C44H40FN3Pt. The van der Waals surface area contributed by atoms with Crippen LogP contribution in [0.3, 0.4) is 0 Å². The summed E-state index contributed by atoms with van der Waals surface area (Å²) in [6.07, 6.45) is 1.84. The van der Waals surface area contributed by atoms with Crippen molar-refractivity contribution >= 4 is 21.8 Å². The van der Waals surface area contributed by atoms with E-state index in [-0.39, 0.29) is 31.9 Å². The van der Waals surface area contributed by atoms with Gasteiger partial charge in [0.2, 0.25) is 5.95 Å². The van der Waals surface area contributed by atoms with E-state index in [1.54, 1.807) is 0 Å². The number of nitrogens with zero attached hydrogens (tertiary/aromatic N) is 3. The molecule has 4 aromatic carbocycles. The van der Waals surface area contributed by atoms with E-state index in [4.69, 9.17) is 9.97 Å². The molecule has 0 aliphatic carbocycles. The normalized spacial score (nSPS) is 12.0. The molecule has 0 aliphatic rings. The summed E-state index contributed by atoms with van der Waals surface area (Å²) in [4.78, 5) is 14.5. The summed E-state index contributed by atoms with van der Waals surface area (Å²) >= 11 is 0. The number of rotatable bonds is 4. The SMILES string of the molecule is Cc1cccc(C)c1-c1ccc(-c2[c-]c(-c3cc(C(C)(C)C)cc4c3[n-]c3c(-c5ccccn5)cc(C(C)(C)C)cc34)ccc2)nc1F.[Pt+2]. The van der Waals surface area contributed by atoms with E-state index in [1.165, 1.54) is 11.1 Å². The van der Waals surface area contributed by atoms with Crippen LogP contribution in [-0.4, -0.2) is 9.97 Å². The van der Waals surface area contributed by atoms with Gasteiger partial charge in [-0.2, -0.15) is 9.91 Å². The van der Waals surface area contributed by atoms with Gasteiger partial charge in [-0.1, -0.05) is 113 Å². The molecule has 3 heterocycles. The molecule has 7 aromatic rings. The van der Waals surface area contributed by atoms with Gasteiger partial charge < -0.3 is 4.98 Å². The van der Waals surface area contributed by atoms with E-state index in [2.05, 4.69) is 89.0 Å². The molecular weight excluding hydrogens is 785 g/mol. The van der Waals surface area contributed by atoms with Crippen LogP contribution in [0.15, 0.2) is 97.2 Å². The van der Waals surface area contributed by atoms with Crippen LogP contribution in [0.1, 0.15) is 63.8 Å². The predicted octanol–water partition coefficient (Wildman–Crippen LogP) is 11.6. The third kappa shape index (κ3) is 6.40. The number of fused-ring (bicyclic) bond motifs is 3. The Morgan fingerprint density at radius 2 is 1.20 bits per heavy atom. The van der Waals surface area contributed by atoms with Gasteiger partial charge in [-0.25, -0.2) is 0 Å². The fourth-order valence-corrected chi connectivity index (χ4v) is 6.61. The number of aryl methyl sites for hydroxylation is 2. The second-order valence-corrected chi connectivity index (χ2v) is 14.9. The molecule has 0 atom stereocenters. The minimum Gasteiger partial charge on any atom is -0.662 e. The topological polar surface area (TPSA) is 39.9 Å². The van der Waals surface area contributed by atoms with Gasteiger partial charge in [0.1, 0.15) is 0 Å². The van der Waals surface area contributed by atoms with Gasteiger partial charge in [0.25, 0.3) is 0 Å². The minimum absolute atomic E-state index is 0. The predicted molar refractivity (Wildman–Crippen MR) is 198 cm³/mol. The summed E-state index contributed by atoms with van der Waals surface area (Å²) in [7, 11) is 0. The Kier molecular flexibility index (Phi) is 9.01. The number of hydrogen-bond acceptors (Lipinski definition) is 2. The fraction of sp³-hybridized carbons (Fsp3) is 0.227. The van der Waals surface area contributed by atoms with Crippen LogP contribution in [-0.2, 0) is 31.9 Å². The summed E-state index contributed by atoms with van der Waals surface area (Å²) in [5.74, 6) is -0.485. The van der Waals surface area contributed by atoms with E-state index in [1.807, 2.05) is 74.6 Å². The molecule has 0 saturated heterocycles. The Hall–Kier alpha value is -4.40. The van der Waals surface area contributed by atoms with Crippen molar-refractivity contribution in [3.8, 4) is 44.8 Å². The molecule has 3 nitrogen and oxygen atoms in total. The first-order valence-corrected chi connectivity index (χ1v) is 16.6. The van der Waals surface area contributed by atoms with Crippen LogP contribution in [0, 0.1) is 25.9 Å². The van der Waals surface area contributed by atoms with Crippen LogP contribution in [0.5, 0.6) is 0 Å². The first kappa shape index (κ1) is 34.5. The van der Waals surface area contributed by atoms with Crippen molar-refractivity contribution in [3.05, 3.63) is 131 Å². The largest absolute Gasteiger partial charge is 2.00 e. The van der Waals surface area contributed by atoms with Crippen molar-refractivity contribution in [2.75, 3.05) is 0 Å². The monoisotopic (exact) mass is 824 g/mol. The number of benzene rings is 4. The zero-order chi connectivity index (χ0) is 34.0. The number of halogens is 1. The molecule has 0 saturated carbocycles. The molecule has 7 rings (SSSR count). The third-order valence-electron chi connectivity index (χ3n) is 9.37. The Morgan fingerprint density at radius 3 is 1.80 bits per heavy atom. The smallest absolute Gasteiger partial charge is 0.662 e. The number of aromatic nitrogens is 3. The van der Waals surface area contributed by atoms with Crippen molar-refractivity contribution in [1.29, 1.82) is 0 Å². The van der Waals surface area contributed by atoms with Crippen LogP contribution < -0.4 is 4.98 Å². The molecule has 5 heteroatoms. The van der Waals surface area contributed by atoms with Gasteiger partial charge >= 0.3 is 21.1 Å². The maximum absolute atomic E-state index is 15.7. The molecule has 0 unspecified atom stereocenters. The van der Waals surface area contributed by atoms with Crippen LogP contribution >= 0.6 is 0 Å². The van der Waals surface area contributed by atoms with Crippen molar-refractivity contribution in [2.45, 2.75) is 66.2 Å². The Morgan fingerprint density at radius 1 is 0.612 bits per heavy atom. The van der Waals surface area contributed by atoms with Gasteiger partial charge in [-0.15, -0.1) is 35.3 Å². The summed E-state index contributed by atoms with van der Waals surface area (Å²) in [6.45, 7) is 17.4. The summed E-state index contributed by atoms with van der Waals surface area (Å²) < 4.78 is 15.7. The Labute approximate surface area is 303 Å². The minimum atomic E-state index is -0.485. The maximum Gasteiger partial charge on any atom is 2.00 e.